The van der Waals surface area contributed by atoms with E-state index in [1.54, 1.807) is 0 Å². The first kappa shape index (κ1) is 77.9. The van der Waals surface area contributed by atoms with Gasteiger partial charge in [0.1, 0.15) is 0 Å². The molecule has 0 bridgehead atoms. The normalized spacial score (nSPS) is 11.5. The van der Waals surface area contributed by atoms with Crippen LogP contribution in [0.15, 0.2) is 473 Å². The number of benzene rings is 16. The Hall–Kier alpha value is -15.4. The lowest BCUT2D eigenvalue weighted by atomic mass is 10.0. The average molecular weight is 1520 g/mol. The maximum absolute atomic E-state index is 2.32. The number of hydrogen-bond donors (Lipinski definition) is 0. The number of allylic oxidation sites excluding steroid dienone is 8. The number of para-hydroxylation sites is 2. The van der Waals surface area contributed by atoms with E-state index in [0.717, 1.165) is 113 Å². The first-order chi connectivity index (χ1) is 58.3. The SMILES string of the molecule is C(/C=C/c1ccc(N(c2ccccc2)c2ccc(-c3ccc(N(c4ccccc4)c4ccc(/C=C/C=C/c5ccccc5)cc4)cc3)cc2)cc1)=C\c1ccccc1.Cc1cccc(N(c2ccc(/C=C/C=C/c3ccccc3)cc2)c2ccc(-c3ccc(N(c4ccc(/C=C/C=C/c5ccccc5)cc4)c4cccc(C)c4)cc3)cc2)c1. The van der Waals surface area contributed by atoms with Crippen LogP contribution < -0.4 is 19.6 Å². The van der Waals surface area contributed by atoms with E-state index in [4.69, 9.17) is 0 Å². The van der Waals surface area contributed by atoms with Crippen molar-refractivity contribution in [3.63, 3.8) is 0 Å². The largest absolute Gasteiger partial charge is 0.311 e. The molecule has 0 aliphatic carbocycles. The summed E-state index contributed by atoms with van der Waals surface area (Å²) in [6.07, 6.45) is 33.7. The molecule has 0 radical (unpaired) electrons. The minimum Gasteiger partial charge on any atom is -0.311 e. The second-order valence-corrected chi connectivity index (χ2v) is 28.8. The van der Waals surface area contributed by atoms with Crippen molar-refractivity contribution < 1.29 is 0 Å². The van der Waals surface area contributed by atoms with Crippen molar-refractivity contribution in [3.05, 3.63) is 529 Å². The zero-order valence-electron chi connectivity index (χ0n) is 66.4. The monoisotopic (exact) mass is 1520 g/mol. The van der Waals surface area contributed by atoms with Crippen LogP contribution in [0.4, 0.5) is 68.2 Å². The standard InChI is InChI=1S/C58H48N2.C56H44N2/c1-45-15-13-25-57(43-45)59(53-35-27-49(28-36-53)23-11-9-21-47-17-5-3-6-18-47)55-39-31-51(32-40-55)52-33-41-56(42-34-52)60(58-26-14-16-46(2)44-58)54-37-29-50(30-38-54)24-12-10-22-48-19-7-4-8-20-48;1-5-17-45(18-6-1)21-13-15-23-47-29-37-53(38-30-47)57(51-25-9-3-10-26-51)55-41-33-49(34-42-55)50-35-43-56(44-36-50)58(52-27-11-4-12-28-52)54-39-31-48(32-40-54)24-16-14-22-46-19-7-2-8-20-46/h3-44H,1-2H3;1-44H/b21-9+,22-10+,23-11+,24-12+;21-13+,22-14+,23-15+,24-16+. The zero-order chi connectivity index (χ0) is 80.1. The highest BCUT2D eigenvalue weighted by Crippen LogP contribution is 2.42. The molecule has 0 unspecified atom stereocenters. The topological polar surface area (TPSA) is 13.0 Å². The Morgan fingerprint density at radius 3 is 0.483 bits per heavy atom. The lowest BCUT2D eigenvalue weighted by molar-refractivity contribution is 1.27. The van der Waals surface area contributed by atoms with Crippen molar-refractivity contribution in [2.24, 2.45) is 0 Å². The minimum atomic E-state index is 1.10. The summed E-state index contributed by atoms with van der Waals surface area (Å²) < 4.78 is 0. The number of rotatable bonds is 26. The molecule has 0 fully saturated rings. The molecule has 0 heterocycles. The van der Waals surface area contributed by atoms with E-state index in [1.165, 1.54) is 33.4 Å². The predicted octanol–water partition coefficient (Wildman–Crippen LogP) is 32.1. The predicted molar refractivity (Wildman–Crippen MR) is 510 cm³/mol. The molecule has 0 aromatic heterocycles. The second-order valence-electron chi connectivity index (χ2n) is 28.8. The maximum Gasteiger partial charge on any atom is 0.0464 e. The third-order valence-electron chi connectivity index (χ3n) is 20.3. The smallest absolute Gasteiger partial charge is 0.0464 e. The van der Waals surface area contributed by atoms with Crippen LogP contribution in [0.2, 0.25) is 0 Å². The Labute approximate surface area is 696 Å². The van der Waals surface area contributed by atoms with Gasteiger partial charge in [0, 0.05) is 68.2 Å². The Kier molecular flexibility index (Phi) is 26.3. The van der Waals surface area contributed by atoms with Crippen molar-refractivity contribution >= 4 is 117 Å². The highest BCUT2D eigenvalue weighted by molar-refractivity contribution is 5.85. The van der Waals surface area contributed by atoms with Crippen LogP contribution in [0, 0.1) is 13.8 Å². The molecule has 4 heteroatoms. The summed E-state index contributed by atoms with van der Waals surface area (Å²) in [6.45, 7) is 4.29. The van der Waals surface area contributed by atoms with Crippen LogP contribution in [0.3, 0.4) is 0 Å². The van der Waals surface area contributed by atoms with E-state index in [1.807, 2.05) is 24.3 Å². The summed E-state index contributed by atoms with van der Waals surface area (Å²) in [5.74, 6) is 0. The third kappa shape index (κ3) is 21.3. The Morgan fingerprint density at radius 1 is 0.136 bits per heavy atom. The summed E-state index contributed by atoms with van der Waals surface area (Å²) in [4.78, 5) is 9.25. The summed E-state index contributed by atoms with van der Waals surface area (Å²) in [7, 11) is 0. The zero-order valence-corrected chi connectivity index (χ0v) is 66.4. The molecule has 0 saturated carbocycles. The fraction of sp³-hybridized carbons (Fsp3) is 0.0175. The number of nitrogens with zero attached hydrogens (tertiary/aromatic N) is 4. The van der Waals surface area contributed by atoms with Gasteiger partial charge in [-0.1, -0.05) is 376 Å². The van der Waals surface area contributed by atoms with Crippen LogP contribution in [0.1, 0.15) is 55.6 Å². The van der Waals surface area contributed by atoms with Crippen LogP contribution in [-0.2, 0) is 0 Å². The van der Waals surface area contributed by atoms with E-state index in [-0.39, 0.29) is 0 Å². The van der Waals surface area contributed by atoms with Gasteiger partial charge in [-0.05, 0) is 237 Å². The van der Waals surface area contributed by atoms with E-state index >= 15 is 0 Å². The van der Waals surface area contributed by atoms with Gasteiger partial charge in [0.25, 0.3) is 0 Å². The van der Waals surface area contributed by atoms with Gasteiger partial charge in [0.2, 0.25) is 0 Å². The molecule has 0 spiro atoms. The number of hydrogen-bond acceptors (Lipinski definition) is 4. The summed E-state index contributed by atoms with van der Waals surface area (Å²) in [5.41, 5.74) is 29.7. The molecular weight excluding hydrogens is 1430 g/mol. The van der Waals surface area contributed by atoms with Crippen molar-refractivity contribution in [2.75, 3.05) is 19.6 Å². The van der Waals surface area contributed by atoms with Crippen LogP contribution >= 0.6 is 0 Å². The molecule has 0 saturated heterocycles. The first-order valence-electron chi connectivity index (χ1n) is 40.2. The third-order valence-corrected chi connectivity index (χ3v) is 20.3. The molecule has 0 aliphatic rings. The van der Waals surface area contributed by atoms with Crippen molar-refractivity contribution in [2.45, 2.75) is 13.8 Å². The minimum absolute atomic E-state index is 1.10. The summed E-state index contributed by atoms with van der Waals surface area (Å²) in [6, 6.07) is 150. The Morgan fingerprint density at radius 2 is 0.288 bits per heavy atom. The van der Waals surface area contributed by atoms with Crippen molar-refractivity contribution in [1.82, 2.24) is 0 Å². The molecule has 0 amide bonds. The molecule has 4 nitrogen and oxygen atoms in total. The van der Waals surface area contributed by atoms with E-state index in [2.05, 4.69) is 531 Å². The molecule has 16 aromatic rings. The molecule has 0 N–H and O–H groups in total. The van der Waals surface area contributed by atoms with Gasteiger partial charge in [0.15, 0.2) is 0 Å². The fourth-order valence-electron chi connectivity index (χ4n) is 14.2. The average Bonchev–Trinajstić information content (AvgIpc) is 0.802. The van der Waals surface area contributed by atoms with Gasteiger partial charge >= 0.3 is 0 Å². The Bertz CT molecular complexity index is 5690. The number of anilines is 12. The van der Waals surface area contributed by atoms with Crippen molar-refractivity contribution in [3.8, 4) is 22.3 Å². The first-order valence-corrected chi connectivity index (χ1v) is 40.2. The second kappa shape index (κ2) is 39.9. The quantitative estimate of drug-likeness (QED) is 0.0501. The van der Waals surface area contributed by atoms with Gasteiger partial charge in [-0.2, -0.15) is 0 Å². The Balaban J connectivity index is 0.000000185. The van der Waals surface area contributed by atoms with Crippen LogP contribution in [0.25, 0.3) is 70.9 Å². The van der Waals surface area contributed by atoms with Gasteiger partial charge in [-0.25, -0.2) is 0 Å². The molecule has 16 rings (SSSR count). The molecule has 0 aliphatic heterocycles. The molecular formula is C114H92N4. The number of aryl methyl sites for hydroxylation is 2. The molecule has 16 aromatic carbocycles. The van der Waals surface area contributed by atoms with E-state index in [0.29, 0.717) is 0 Å². The molecule has 118 heavy (non-hydrogen) atoms. The molecule has 0 atom stereocenters. The highest BCUT2D eigenvalue weighted by atomic mass is 15.2. The van der Waals surface area contributed by atoms with Gasteiger partial charge in [-0.15, -0.1) is 0 Å². The van der Waals surface area contributed by atoms with Crippen LogP contribution in [-0.4, -0.2) is 0 Å². The fourth-order valence-corrected chi connectivity index (χ4v) is 14.2. The van der Waals surface area contributed by atoms with Crippen LogP contribution in [0.5, 0.6) is 0 Å². The van der Waals surface area contributed by atoms with Gasteiger partial charge in [0.05, 0.1) is 0 Å². The lowest BCUT2D eigenvalue weighted by Gasteiger charge is -2.26. The van der Waals surface area contributed by atoms with Gasteiger partial charge < -0.3 is 19.6 Å². The maximum atomic E-state index is 2.32. The highest BCUT2D eigenvalue weighted by Gasteiger charge is 2.19. The summed E-state index contributed by atoms with van der Waals surface area (Å²) in [5, 5.41) is 0. The van der Waals surface area contributed by atoms with Gasteiger partial charge in [-0.3, -0.25) is 0 Å². The van der Waals surface area contributed by atoms with Crippen molar-refractivity contribution in [1.29, 1.82) is 0 Å². The van der Waals surface area contributed by atoms with E-state index in [9.17, 15) is 0 Å². The van der Waals surface area contributed by atoms with E-state index < -0.39 is 0 Å². The molecule has 568 valence electrons. The summed E-state index contributed by atoms with van der Waals surface area (Å²) >= 11 is 0. The lowest BCUT2D eigenvalue weighted by Crippen LogP contribution is -2.10.